The van der Waals surface area contributed by atoms with Crippen molar-refractivity contribution in [3.63, 3.8) is 0 Å². The standard InChI is InChI=1S/C10H12BrN3S/c1-10(12-9(15)14(2)13-10)7-4-3-5-8(11)6-7/h3-6,13H,1-2H3,(H,12,15)/t10-/m1/s1. The van der Waals surface area contributed by atoms with Crippen LogP contribution in [-0.2, 0) is 5.66 Å². The van der Waals surface area contributed by atoms with Gasteiger partial charge in [-0.2, -0.15) is 0 Å². The molecule has 0 spiro atoms. The Morgan fingerprint density at radius 2 is 2.20 bits per heavy atom. The molecule has 2 N–H and O–H groups in total. The number of nitrogens with zero attached hydrogens (tertiary/aromatic N) is 1. The van der Waals surface area contributed by atoms with Crippen LogP contribution in [-0.4, -0.2) is 17.2 Å². The van der Waals surface area contributed by atoms with Gasteiger partial charge in [-0.25, -0.2) is 5.43 Å². The molecule has 3 nitrogen and oxygen atoms in total. The molecule has 1 fully saturated rings. The van der Waals surface area contributed by atoms with E-state index in [-0.39, 0.29) is 5.66 Å². The molecule has 5 heteroatoms. The lowest BCUT2D eigenvalue weighted by Crippen LogP contribution is -2.44. The van der Waals surface area contributed by atoms with Crippen LogP contribution >= 0.6 is 28.1 Å². The van der Waals surface area contributed by atoms with E-state index in [1.807, 2.05) is 24.2 Å². The van der Waals surface area contributed by atoms with Gasteiger partial charge in [-0.3, -0.25) is 5.01 Å². The highest BCUT2D eigenvalue weighted by Gasteiger charge is 2.35. The van der Waals surface area contributed by atoms with Crippen LogP contribution in [0.2, 0.25) is 0 Å². The van der Waals surface area contributed by atoms with Gasteiger partial charge in [-0.05, 0) is 36.8 Å². The van der Waals surface area contributed by atoms with E-state index in [0.717, 1.165) is 10.0 Å². The molecule has 0 unspecified atom stereocenters. The number of hydrogen-bond acceptors (Lipinski definition) is 2. The van der Waals surface area contributed by atoms with Crippen molar-refractivity contribution in [2.75, 3.05) is 7.05 Å². The molecule has 1 aliphatic rings. The minimum absolute atomic E-state index is 0.324. The van der Waals surface area contributed by atoms with Crippen molar-refractivity contribution in [2.45, 2.75) is 12.6 Å². The number of thiocarbonyl (C=S) groups is 1. The predicted molar refractivity (Wildman–Crippen MR) is 68.1 cm³/mol. The van der Waals surface area contributed by atoms with Gasteiger partial charge < -0.3 is 5.32 Å². The first-order valence-corrected chi connectivity index (χ1v) is 5.81. The highest BCUT2D eigenvalue weighted by molar-refractivity contribution is 9.10. The fourth-order valence-corrected chi connectivity index (χ4v) is 2.30. The number of benzene rings is 1. The van der Waals surface area contributed by atoms with Gasteiger partial charge in [-0.15, -0.1) is 0 Å². The predicted octanol–water partition coefficient (Wildman–Crippen LogP) is 1.95. The molecule has 0 aromatic heterocycles. The quantitative estimate of drug-likeness (QED) is 0.772. The van der Waals surface area contributed by atoms with Crippen molar-refractivity contribution in [3.8, 4) is 0 Å². The zero-order chi connectivity index (χ0) is 11.1. The average molecular weight is 286 g/mol. The normalized spacial score (nSPS) is 25.5. The molecule has 0 amide bonds. The van der Waals surface area contributed by atoms with Crippen LogP contribution in [0.25, 0.3) is 0 Å². The summed E-state index contributed by atoms with van der Waals surface area (Å²) in [7, 11) is 1.90. The van der Waals surface area contributed by atoms with Crippen LogP contribution in [0, 0.1) is 0 Å². The summed E-state index contributed by atoms with van der Waals surface area (Å²) in [5.41, 5.74) is 4.10. The number of rotatable bonds is 1. The summed E-state index contributed by atoms with van der Waals surface area (Å²) >= 11 is 8.63. The first-order chi connectivity index (χ1) is 7.01. The smallest absolute Gasteiger partial charge is 0.185 e. The Morgan fingerprint density at radius 1 is 1.47 bits per heavy atom. The Labute approximate surface area is 103 Å². The van der Waals surface area contributed by atoms with Crippen molar-refractivity contribution in [1.82, 2.24) is 15.8 Å². The average Bonchev–Trinajstić information content (AvgIpc) is 2.42. The second-order valence-electron chi connectivity index (χ2n) is 3.74. The van der Waals surface area contributed by atoms with Gasteiger partial charge in [0.15, 0.2) is 5.11 Å². The minimum Gasteiger partial charge on any atom is -0.338 e. The molecule has 80 valence electrons. The molecule has 1 aliphatic heterocycles. The second-order valence-corrected chi connectivity index (χ2v) is 5.04. The van der Waals surface area contributed by atoms with Crippen LogP contribution in [0.4, 0.5) is 0 Å². The van der Waals surface area contributed by atoms with Crippen molar-refractivity contribution in [1.29, 1.82) is 0 Å². The molecule has 1 atom stereocenters. The van der Waals surface area contributed by atoms with E-state index < -0.39 is 0 Å². The van der Waals surface area contributed by atoms with E-state index in [1.54, 1.807) is 0 Å². The largest absolute Gasteiger partial charge is 0.338 e. The molecule has 15 heavy (non-hydrogen) atoms. The Kier molecular flexibility index (Phi) is 2.70. The summed E-state index contributed by atoms with van der Waals surface area (Å²) in [5, 5.41) is 5.77. The number of hydrogen-bond donors (Lipinski definition) is 2. The van der Waals surface area contributed by atoms with Gasteiger partial charge in [-0.1, -0.05) is 28.1 Å². The van der Waals surface area contributed by atoms with Crippen molar-refractivity contribution in [3.05, 3.63) is 34.3 Å². The third-order valence-corrected chi connectivity index (χ3v) is 3.32. The third-order valence-electron chi connectivity index (χ3n) is 2.45. The first-order valence-electron chi connectivity index (χ1n) is 4.61. The summed E-state index contributed by atoms with van der Waals surface area (Å²) in [5.74, 6) is 0. The monoisotopic (exact) mass is 285 g/mol. The lowest BCUT2D eigenvalue weighted by atomic mass is 10.0. The maximum Gasteiger partial charge on any atom is 0.185 e. The maximum absolute atomic E-state index is 5.16. The van der Waals surface area contributed by atoms with Crippen LogP contribution in [0.3, 0.4) is 0 Å². The molecule has 0 aliphatic carbocycles. The zero-order valence-corrected chi connectivity index (χ0v) is 10.9. The van der Waals surface area contributed by atoms with Gasteiger partial charge in [0.05, 0.1) is 0 Å². The Bertz CT molecular complexity index is 409. The third kappa shape index (κ3) is 2.00. The highest BCUT2D eigenvalue weighted by Crippen LogP contribution is 2.24. The lowest BCUT2D eigenvalue weighted by Gasteiger charge is -2.25. The van der Waals surface area contributed by atoms with Crippen LogP contribution in [0.15, 0.2) is 28.7 Å². The molecule has 1 saturated heterocycles. The van der Waals surface area contributed by atoms with Crippen molar-refractivity contribution < 1.29 is 0 Å². The minimum atomic E-state index is -0.324. The Morgan fingerprint density at radius 3 is 2.73 bits per heavy atom. The summed E-state index contributed by atoms with van der Waals surface area (Å²) in [6.45, 7) is 2.06. The van der Waals surface area contributed by atoms with Crippen molar-refractivity contribution in [2.24, 2.45) is 0 Å². The fraction of sp³-hybridized carbons (Fsp3) is 0.300. The molecule has 0 saturated carbocycles. The molecular weight excluding hydrogens is 274 g/mol. The van der Waals surface area contributed by atoms with Gasteiger partial charge in [0, 0.05) is 11.5 Å². The van der Waals surface area contributed by atoms with Gasteiger partial charge in [0.25, 0.3) is 0 Å². The van der Waals surface area contributed by atoms with E-state index in [1.165, 1.54) is 0 Å². The molecule has 1 heterocycles. The summed E-state index contributed by atoms with van der Waals surface area (Å²) in [6.07, 6.45) is 0. The van der Waals surface area contributed by atoms with E-state index in [9.17, 15) is 0 Å². The summed E-state index contributed by atoms with van der Waals surface area (Å²) < 4.78 is 1.06. The zero-order valence-electron chi connectivity index (χ0n) is 8.54. The van der Waals surface area contributed by atoms with Gasteiger partial charge >= 0.3 is 0 Å². The SMILES string of the molecule is CN1N[C@](C)(c2cccc(Br)c2)NC1=S. The van der Waals surface area contributed by atoms with E-state index in [4.69, 9.17) is 12.2 Å². The maximum atomic E-state index is 5.16. The van der Waals surface area contributed by atoms with Gasteiger partial charge in [0.2, 0.25) is 0 Å². The van der Waals surface area contributed by atoms with E-state index in [0.29, 0.717) is 5.11 Å². The Balaban J connectivity index is 2.35. The van der Waals surface area contributed by atoms with Crippen molar-refractivity contribution >= 4 is 33.3 Å². The molecule has 0 radical (unpaired) electrons. The second kappa shape index (κ2) is 3.73. The highest BCUT2D eigenvalue weighted by atomic mass is 79.9. The van der Waals surface area contributed by atoms with E-state index >= 15 is 0 Å². The summed E-state index contributed by atoms with van der Waals surface area (Å²) in [4.78, 5) is 0. The molecule has 2 rings (SSSR count). The lowest BCUT2D eigenvalue weighted by molar-refractivity contribution is 0.266. The fourth-order valence-electron chi connectivity index (χ4n) is 1.65. The van der Waals surface area contributed by atoms with Crippen LogP contribution < -0.4 is 10.7 Å². The first kappa shape index (κ1) is 10.9. The molecule has 0 bridgehead atoms. The molecule has 1 aromatic rings. The van der Waals surface area contributed by atoms with Crippen LogP contribution in [0.5, 0.6) is 0 Å². The number of hydrazine groups is 1. The van der Waals surface area contributed by atoms with Crippen LogP contribution in [0.1, 0.15) is 12.5 Å². The van der Waals surface area contributed by atoms with Gasteiger partial charge in [0.1, 0.15) is 5.66 Å². The Hall–Kier alpha value is -0.650. The molecular formula is C10H12BrN3S. The summed E-state index contributed by atoms with van der Waals surface area (Å²) in [6, 6.07) is 8.15. The topological polar surface area (TPSA) is 27.3 Å². The molecule has 1 aromatic carbocycles. The number of halogens is 1. The van der Waals surface area contributed by atoms with E-state index in [2.05, 4.69) is 45.7 Å². The number of nitrogens with one attached hydrogen (secondary N) is 2.